The third kappa shape index (κ3) is 6.38. The lowest BCUT2D eigenvalue weighted by molar-refractivity contribution is -0.121. The fourth-order valence-corrected chi connectivity index (χ4v) is 4.26. The first-order valence-corrected chi connectivity index (χ1v) is 11.7. The van der Waals surface area contributed by atoms with E-state index in [4.69, 9.17) is 9.47 Å². The van der Waals surface area contributed by atoms with Crippen molar-refractivity contribution in [3.8, 4) is 11.3 Å². The van der Waals surface area contributed by atoms with E-state index in [0.29, 0.717) is 23.0 Å². The first-order valence-electron chi connectivity index (χ1n) is 10.8. The number of anilines is 1. The largest absolute Gasteiger partial charge is 0.452 e. The Morgan fingerprint density at radius 2 is 1.71 bits per heavy atom. The second-order valence-corrected chi connectivity index (χ2v) is 8.53. The minimum atomic E-state index is -0.595. The van der Waals surface area contributed by atoms with Crippen LogP contribution >= 0.6 is 11.3 Å². The first kappa shape index (κ1) is 24.3. The quantitative estimate of drug-likeness (QED) is 0.291. The summed E-state index contributed by atoms with van der Waals surface area (Å²) < 4.78 is 23.7. The van der Waals surface area contributed by atoms with Crippen LogP contribution in [0.15, 0.2) is 84.2 Å². The summed E-state index contributed by atoms with van der Waals surface area (Å²) in [5.74, 6) is -1.34. The Morgan fingerprint density at radius 1 is 0.971 bits per heavy atom. The molecule has 0 radical (unpaired) electrons. The number of carbonyl (C=O) groups is 2. The zero-order valence-electron chi connectivity index (χ0n) is 19.0. The van der Waals surface area contributed by atoms with Crippen LogP contribution in [0, 0.1) is 5.82 Å². The summed E-state index contributed by atoms with van der Waals surface area (Å²) in [5, 5.41) is 2.26. The van der Waals surface area contributed by atoms with Gasteiger partial charge in [0.25, 0.3) is 5.91 Å². The standard InChI is InChI=1S/C27H23FN2O4S/c1-33-16-20-8-5-9-22(14-20)26(32)34-17-25(31)30(15-19-6-3-2-4-7-19)27-29-24(18-35-27)21-10-12-23(28)13-11-21/h2-14,18H,15-17H2,1H3. The van der Waals surface area contributed by atoms with Crippen molar-refractivity contribution in [2.45, 2.75) is 13.2 Å². The molecule has 0 spiro atoms. The Hall–Kier alpha value is -3.88. The molecule has 0 atom stereocenters. The van der Waals surface area contributed by atoms with Crippen LogP contribution in [-0.4, -0.2) is 30.6 Å². The van der Waals surface area contributed by atoms with Crippen molar-refractivity contribution in [3.63, 3.8) is 0 Å². The van der Waals surface area contributed by atoms with E-state index in [9.17, 15) is 14.0 Å². The average molecular weight is 491 g/mol. The molecule has 0 aliphatic carbocycles. The predicted octanol–water partition coefficient (Wildman–Crippen LogP) is 5.49. The maximum Gasteiger partial charge on any atom is 0.338 e. The fraction of sp³-hybridized carbons (Fsp3) is 0.148. The van der Waals surface area contributed by atoms with E-state index in [0.717, 1.165) is 16.7 Å². The van der Waals surface area contributed by atoms with Gasteiger partial charge in [0.15, 0.2) is 11.7 Å². The van der Waals surface area contributed by atoms with Crippen LogP contribution in [-0.2, 0) is 27.4 Å². The van der Waals surface area contributed by atoms with E-state index >= 15 is 0 Å². The van der Waals surface area contributed by atoms with Gasteiger partial charge in [0.1, 0.15) is 5.82 Å². The number of carbonyl (C=O) groups excluding carboxylic acids is 2. The van der Waals surface area contributed by atoms with Crippen LogP contribution in [0.4, 0.5) is 9.52 Å². The second kappa shape index (κ2) is 11.5. The van der Waals surface area contributed by atoms with Gasteiger partial charge in [-0.1, -0.05) is 42.5 Å². The van der Waals surface area contributed by atoms with Gasteiger partial charge in [-0.15, -0.1) is 11.3 Å². The topological polar surface area (TPSA) is 68.7 Å². The van der Waals surface area contributed by atoms with E-state index in [-0.39, 0.29) is 12.4 Å². The number of hydrogen-bond acceptors (Lipinski definition) is 6. The van der Waals surface area contributed by atoms with Gasteiger partial charge in [0, 0.05) is 18.1 Å². The van der Waals surface area contributed by atoms with Crippen LogP contribution in [0.25, 0.3) is 11.3 Å². The maximum atomic E-state index is 13.3. The summed E-state index contributed by atoms with van der Waals surface area (Å²) in [5.41, 5.74) is 3.44. The molecule has 0 bridgehead atoms. The summed E-state index contributed by atoms with van der Waals surface area (Å²) in [6, 6.07) is 22.4. The molecule has 1 amide bonds. The number of methoxy groups -OCH3 is 1. The molecule has 6 nitrogen and oxygen atoms in total. The number of halogens is 1. The van der Waals surface area contributed by atoms with E-state index < -0.39 is 18.5 Å². The van der Waals surface area contributed by atoms with E-state index in [1.54, 1.807) is 42.8 Å². The van der Waals surface area contributed by atoms with Crippen molar-refractivity contribution in [1.29, 1.82) is 0 Å². The fourth-order valence-electron chi connectivity index (χ4n) is 3.41. The Bertz CT molecular complexity index is 1290. The molecule has 1 heterocycles. The van der Waals surface area contributed by atoms with Gasteiger partial charge in [-0.2, -0.15) is 0 Å². The van der Waals surface area contributed by atoms with Crippen molar-refractivity contribution in [2.24, 2.45) is 0 Å². The third-order valence-electron chi connectivity index (χ3n) is 5.15. The second-order valence-electron chi connectivity index (χ2n) is 7.70. The number of thiazole rings is 1. The molecule has 0 fully saturated rings. The minimum absolute atomic E-state index is 0.261. The summed E-state index contributed by atoms with van der Waals surface area (Å²) in [6.07, 6.45) is 0. The molecule has 0 aliphatic rings. The highest BCUT2D eigenvalue weighted by Gasteiger charge is 2.22. The molecule has 0 unspecified atom stereocenters. The molecule has 3 aromatic carbocycles. The number of amides is 1. The van der Waals surface area contributed by atoms with E-state index in [2.05, 4.69) is 4.98 Å². The summed E-state index contributed by atoms with van der Waals surface area (Å²) >= 11 is 1.29. The highest BCUT2D eigenvalue weighted by Crippen LogP contribution is 2.29. The molecule has 1 aromatic heterocycles. The van der Waals surface area contributed by atoms with Gasteiger partial charge < -0.3 is 9.47 Å². The van der Waals surface area contributed by atoms with Gasteiger partial charge >= 0.3 is 5.97 Å². The molecule has 35 heavy (non-hydrogen) atoms. The van der Waals surface area contributed by atoms with Gasteiger partial charge in [-0.05, 0) is 47.5 Å². The highest BCUT2D eigenvalue weighted by atomic mass is 32.1. The van der Waals surface area contributed by atoms with Crippen LogP contribution in [0.2, 0.25) is 0 Å². The molecular formula is C27H23FN2O4S. The van der Waals surface area contributed by atoms with Gasteiger partial charge in [0.05, 0.1) is 24.4 Å². The SMILES string of the molecule is COCc1cccc(C(=O)OCC(=O)N(Cc2ccccc2)c2nc(-c3ccc(F)cc3)cs2)c1. The van der Waals surface area contributed by atoms with Crippen LogP contribution in [0.5, 0.6) is 0 Å². The summed E-state index contributed by atoms with van der Waals surface area (Å²) in [4.78, 5) is 31.8. The number of esters is 1. The number of hydrogen-bond donors (Lipinski definition) is 0. The van der Waals surface area contributed by atoms with Crippen molar-refractivity contribution >= 4 is 28.3 Å². The number of benzene rings is 3. The van der Waals surface area contributed by atoms with Crippen molar-refractivity contribution < 1.29 is 23.5 Å². The van der Waals surface area contributed by atoms with Crippen molar-refractivity contribution in [2.75, 3.05) is 18.6 Å². The van der Waals surface area contributed by atoms with Crippen LogP contribution in [0.1, 0.15) is 21.5 Å². The molecule has 0 aliphatic heterocycles. The Balaban J connectivity index is 1.51. The van der Waals surface area contributed by atoms with Crippen molar-refractivity contribution in [1.82, 2.24) is 4.98 Å². The molecule has 4 aromatic rings. The number of ether oxygens (including phenoxy) is 2. The Kier molecular flexibility index (Phi) is 7.97. The number of nitrogens with zero attached hydrogens (tertiary/aromatic N) is 2. The zero-order chi connectivity index (χ0) is 24.6. The molecule has 0 saturated carbocycles. The lowest BCUT2D eigenvalue weighted by atomic mass is 10.1. The monoisotopic (exact) mass is 490 g/mol. The van der Waals surface area contributed by atoms with E-state index in [1.807, 2.05) is 36.4 Å². The third-order valence-corrected chi connectivity index (χ3v) is 6.01. The maximum absolute atomic E-state index is 13.3. The normalized spacial score (nSPS) is 10.7. The minimum Gasteiger partial charge on any atom is -0.452 e. The predicted molar refractivity (Wildman–Crippen MR) is 133 cm³/mol. The lowest BCUT2D eigenvalue weighted by Crippen LogP contribution is -2.34. The van der Waals surface area contributed by atoms with Gasteiger partial charge in [-0.3, -0.25) is 9.69 Å². The molecule has 0 saturated heterocycles. The van der Waals surface area contributed by atoms with Crippen molar-refractivity contribution in [3.05, 3.63) is 107 Å². The van der Waals surface area contributed by atoms with Crippen LogP contribution < -0.4 is 4.90 Å². The number of rotatable bonds is 9. The average Bonchev–Trinajstić information content (AvgIpc) is 3.37. The van der Waals surface area contributed by atoms with E-state index in [1.165, 1.54) is 28.4 Å². The molecule has 8 heteroatoms. The molecule has 0 N–H and O–H groups in total. The summed E-state index contributed by atoms with van der Waals surface area (Å²) in [7, 11) is 1.57. The zero-order valence-corrected chi connectivity index (χ0v) is 19.8. The highest BCUT2D eigenvalue weighted by molar-refractivity contribution is 7.14. The molecular weight excluding hydrogens is 467 g/mol. The molecule has 4 rings (SSSR count). The molecule has 178 valence electrons. The Labute approximate surface area is 206 Å². The van der Waals surface area contributed by atoms with Gasteiger partial charge in [-0.25, -0.2) is 14.2 Å². The van der Waals surface area contributed by atoms with Gasteiger partial charge in [0.2, 0.25) is 0 Å². The van der Waals surface area contributed by atoms with Crippen LogP contribution in [0.3, 0.4) is 0 Å². The number of aromatic nitrogens is 1. The smallest absolute Gasteiger partial charge is 0.338 e. The summed E-state index contributed by atoms with van der Waals surface area (Å²) in [6.45, 7) is 0.188. The lowest BCUT2D eigenvalue weighted by Gasteiger charge is -2.20. The first-order chi connectivity index (χ1) is 17.0. The Morgan fingerprint density at radius 3 is 2.46 bits per heavy atom.